The van der Waals surface area contributed by atoms with Crippen LogP contribution in [0.3, 0.4) is 0 Å². The van der Waals surface area contributed by atoms with E-state index in [4.69, 9.17) is 21.1 Å². The summed E-state index contributed by atoms with van der Waals surface area (Å²) in [7, 11) is 3.49. The van der Waals surface area contributed by atoms with Crippen molar-refractivity contribution in [3.8, 4) is 11.5 Å². The molecule has 1 amide bonds. The first-order valence-electron chi connectivity index (χ1n) is 12.6. The van der Waals surface area contributed by atoms with Gasteiger partial charge in [0.1, 0.15) is 0 Å². The number of anilines is 1. The van der Waals surface area contributed by atoms with Gasteiger partial charge in [0, 0.05) is 48.3 Å². The Kier molecular flexibility index (Phi) is 7.63. The van der Waals surface area contributed by atoms with Crippen molar-refractivity contribution < 1.29 is 23.9 Å². The van der Waals surface area contributed by atoms with Crippen molar-refractivity contribution in [2.45, 2.75) is 44.4 Å². The molecule has 3 aliphatic rings. The Labute approximate surface area is 234 Å². The zero-order valence-electron chi connectivity index (χ0n) is 21.2. The van der Waals surface area contributed by atoms with Gasteiger partial charge in [0.2, 0.25) is 0 Å². The topological polar surface area (TPSA) is 84.9 Å². The van der Waals surface area contributed by atoms with Crippen LogP contribution in [-0.4, -0.2) is 43.1 Å². The molecule has 0 unspecified atom stereocenters. The minimum absolute atomic E-state index is 0.0830. The Morgan fingerprint density at radius 1 is 1.05 bits per heavy atom. The number of hydrogen-bond donors (Lipinski definition) is 1. The van der Waals surface area contributed by atoms with E-state index in [1.165, 1.54) is 7.11 Å². The van der Waals surface area contributed by atoms with Crippen LogP contribution < -0.4 is 14.8 Å². The molecule has 198 valence electrons. The number of rotatable bonds is 6. The summed E-state index contributed by atoms with van der Waals surface area (Å²) in [6, 6.07) is 10.6. The van der Waals surface area contributed by atoms with Crippen LogP contribution >= 0.6 is 27.5 Å². The first-order chi connectivity index (χ1) is 18.3. The Morgan fingerprint density at radius 2 is 1.68 bits per heavy atom. The molecule has 0 saturated carbocycles. The minimum atomic E-state index is -0.459. The van der Waals surface area contributed by atoms with E-state index in [1.54, 1.807) is 30.3 Å². The maximum absolute atomic E-state index is 13.3. The molecule has 0 fully saturated rings. The fourth-order valence-corrected chi connectivity index (χ4v) is 6.38. The number of Topliss-reactive ketones (excluding diaryl/α,β-unsaturated/α-hetero) is 2. The van der Waals surface area contributed by atoms with Crippen LogP contribution in [0.25, 0.3) is 0 Å². The predicted octanol–water partition coefficient (Wildman–Crippen LogP) is 6.17. The summed E-state index contributed by atoms with van der Waals surface area (Å²) >= 11 is 9.72. The summed E-state index contributed by atoms with van der Waals surface area (Å²) in [5, 5.41) is 3.16. The highest BCUT2D eigenvalue weighted by Crippen LogP contribution is 2.50. The van der Waals surface area contributed by atoms with Crippen LogP contribution in [0.4, 0.5) is 5.69 Å². The predicted molar refractivity (Wildman–Crippen MR) is 149 cm³/mol. The van der Waals surface area contributed by atoms with Crippen molar-refractivity contribution >= 4 is 50.7 Å². The molecule has 0 saturated heterocycles. The third-order valence-electron chi connectivity index (χ3n) is 7.33. The fourth-order valence-electron chi connectivity index (χ4n) is 5.62. The van der Waals surface area contributed by atoms with Gasteiger partial charge in [-0.3, -0.25) is 14.4 Å². The molecule has 5 rings (SSSR count). The second-order valence-electron chi connectivity index (χ2n) is 9.62. The molecule has 7 nitrogen and oxygen atoms in total. The van der Waals surface area contributed by atoms with Crippen LogP contribution in [0.5, 0.6) is 11.5 Å². The zero-order chi connectivity index (χ0) is 27.0. The number of amides is 1. The molecule has 9 heteroatoms. The standard InChI is InChI=1S/C29H28BrClN2O5/c1-33-20-9-5-11-22(34)27(20)26(28-21(33)10-6-12-23(28)35)16-13-17(30)29(24(14-16)37-2)38-15-25(36)32-19-8-4-3-7-18(19)31/h3-4,7-8,13-14,26H,5-6,9-12,15H2,1-2H3,(H,32,36). The summed E-state index contributed by atoms with van der Waals surface area (Å²) in [5.41, 5.74) is 4.69. The second kappa shape index (κ2) is 10.9. The number of ether oxygens (including phenoxy) is 2. The van der Waals surface area contributed by atoms with Crippen molar-refractivity contribution in [3.05, 3.63) is 74.0 Å². The SMILES string of the molecule is COc1cc(C2C3=C(CCCC3=O)N(C)C3=C2C(=O)CCC3)cc(Br)c1OCC(=O)Nc1ccccc1Cl. The van der Waals surface area contributed by atoms with Gasteiger partial charge in [0.05, 0.1) is 22.3 Å². The van der Waals surface area contributed by atoms with E-state index in [0.29, 0.717) is 50.7 Å². The number of allylic oxidation sites excluding steroid dienone is 4. The number of carbonyl (C=O) groups excluding carboxylic acids is 3. The maximum atomic E-state index is 13.3. The quantitative estimate of drug-likeness (QED) is 0.427. The van der Waals surface area contributed by atoms with Crippen molar-refractivity contribution in [3.63, 3.8) is 0 Å². The van der Waals surface area contributed by atoms with Crippen LogP contribution in [-0.2, 0) is 14.4 Å². The molecule has 0 radical (unpaired) electrons. The van der Waals surface area contributed by atoms with Gasteiger partial charge in [-0.2, -0.15) is 0 Å². The first kappa shape index (κ1) is 26.5. The molecular weight excluding hydrogens is 572 g/mol. The van der Waals surface area contributed by atoms with Gasteiger partial charge in [0.15, 0.2) is 29.7 Å². The van der Waals surface area contributed by atoms with Crippen LogP contribution in [0.15, 0.2) is 63.4 Å². The number of hydrogen-bond acceptors (Lipinski definition) is 6. The fraction of sp³-hybridized carbons (Fsp3) is 0.345. The average molecular weight is 600 g/mol. The number of para-hydroxylation sites is 1. The maximum Gasteiger partial charge on any atom is 0.262 e. The molecule has 0 bridgehead atoms. The summed E-state index contributed by atoms with van der Waals surface area (Å²) in [5.74, 6) is 0.0806. The van der Waals surface area contributed by atoms with E-state index in [0.717, 1.165) is 42.6 Å². The summed E-state index contributed by atoms with van der Waals surface area (Å²) < 4.78 is 12.1. The highest BCUT2D eigenvalue weighted by Gasteiger charge is 2.42. The Hall–Kier alpha value is -3.10. The highest BCUT2D eigenvalue weighted by molar-refractivity contribution is 9.10. The van der Waals surface area contributed by atoms with E-state index in [2.05, 4.69) is 26.1 Å². The van der Waals surface area contributed by atoms with Crippen molar-refractivity contribution in [1.29, 1.82) is 0 Å². The summed E-state index contributed by atoms with van der Waals surface area (Å²) in [6.07, 6.45) is 4.17. The Bertz CT molecular complexity index is 1360. The summed E-state index contributed by atoms with van der Waals surface area (Å²) in [6.45, 7) is -0.269. The molecule has 2 aliphatic carbocycles. The number of nitrogens with one attached hydrogen (secondary N) is 1. The lowest BCUT2D eigenvalue weighted by Crippen LogP contribution is -2.37. The average Bonchev–Trinajstić information content (AvgIpc) is 2.90. The van der Waals surface area contributed by atoms with E-state index < -0.39 is 5.92 Å². The third kappa shape index (κ3) is 4.87. The number of nitrogens with zero attached hydrogens (tertiary/aromatic N) is 1. The minimum Gasteiger partial charge on any atom is -0.493 e. The lowest BCUT2D eigenvalue weighted by molar-refractivity contribution is -0.118. The van der Waals surface area contributed by atoms with Crippen LogP contribution in [0.2, 0.25) is 5.02 Å². The Morgan fingerprint density at radius 3 is 2.29 bits per heavy atom. The second-order valence-corrected chi connectivity index (χ2v) is 10.9. The molecule has 0 spiro atoms. The monoisotopic (exact) mass is 598 g/mol. The van der Waals surface area contributed by atoms with E-state index >= 15 is 0 Å². The number of ketones is 2. The molecule has 1 aliphatic heterocycles. The Balaban J connectivity index is 1.48. The number of halogens is 2. The van der Waals surface area contributed by atoms with Gasteiger partial charge in [-0.15, -0.1) is 0 Å². The van der Waals surface area contributed by atoms with Crippen molar-refractivity contribution in [2.24, 2.45) is 0 Å². The summed E-state index contributed by atoms with van der Waals surface area (Å²) in [4.78, 5) is 41.1. The number of carbonyl (C=O) groups is 3. The van der Waals surface area contributed by atoms with Gasteiger partial charge in [0.25, 0.3) is 5.91 Å². The molecular formula is C29H28BrClN2O5. The van der Waals surface area contributed by atoms with Crippen molar-refractivity contribution in [2.75, 3.05) is 26.1 Å². The molecule has 1 heterocycles. The van der Waals surface area contributed by atoms with E-state index in [-0.39, 0.29) is 24.1 Å². The van der Waals surface area contributed by atoms with Gasteiger partial charge in [-0.25, -0.2) is 0 Å². The molecule has 0 atom stereocenters. The van der Waals surface area contributed by atoms with Gasteiger partial charge in [-0.05, 0) is 71.4 Å². The highest BCUT2D eigenvalue weighted by atomic mass is 79.9. The number of benzene rings is 2. The number of methoxy groups -OCH3 is 1. The molecule has 2 aromatic rings. The smallest absolute Gasteiger partial charge is 0.262 e. The van der Waals surface area contributed by atoms with Gasteiger partial charge < -0.3 is 19.7 Å². The molecule has 1 N–H and O–H groups in total. The molecule has 2 aromatic carbocycles. The third-order valence-corrected chi connectivity index (χ3v) is 8.24. The first-order valence-corrected chi connectivity index (χ1v) is 13.8. The lowest BCUT2D eigenvalue weighted by Gasteiger charge is -2.42. The van der Waals surface area contributed by atoms with Crippen LogP contribution in [0.1, 0.15) is 50.0 Å². The molecule has 0 aromatic heterocycles. The molecule has 38 heavy (non-hydrogen) atoms. The van der Waals surface area contributed by atoms with Crippen molar-refractivity contribution in [1.82, 2.24) is 4.90 Å². The van der Waals surface area contributed by atoms with Crippen LogP contribution in [0, 0.1) is 0 Å². The largest absolute Gasteiger partial charge is 0.493 e. The van der Waals surface area contributed by atoms with Gasteiger partial charge >= 0.3 is 0 Å². The lowest BCUT2D eigenvalue weighted by atomic mass is 9.71. The van der Waals surface area contributed by atoms with E-state index in [1.807, 2.05) is 13.1 Å². The normalized spacial score (nSPS) is 17.8. The van der Waals surface area contributed by atoms with E-state index in [9.17, 15) is 14.4 Å². The zero-order valence-corrected chi connectivity index (χ0v) is 23.6. The van der Waals surface area contributed by atoms with Gasteiger partial charge in [-0.1, -0.05) is 23.7 Å².